The van der Waals surface area contributed by atoms with E-state index in [4.69, 9.17) is 0 Å². The largest absolute Gasteiger partial charge is 0.205 e. The maximum Gasteiger partial charge on any atom is 0.143 e. The summed E-state index contributed by atoms with van der Waals surface area (Å²) < 4.78 is 28.8. The summed E-state index contributed by atoms with van der Waals surface area (Å²) in [6.07, 6.45) is 6.01. The Labute approximate surface area is 184 Å². The van der Waals surface area contributed by atoms with E-state index in [0.29, 0.717) is 11.1 Å². The molecule has 0 amide bonds. The van der Waals surface area contributed by atoms with Crippen molar-refractivity contribution in [1.29, 1.82) is 0 Å². The Morgan fingerprint density at radius 2 is 1.19 bits per heavy atom. The van der Waals surface area contributed by atoms with E-state index in [2.05, 4.69) is 42.7 Å². The monoisotopic (exact) mass is 412 g/mol. The van der Waals surface area contributed by atoms with E-state index in [9.17, 15) is 8.78 Å². The highest BCUT2D eigenvalue weighted by atomic mass is 19.1. The van der Waals surface area contributed by atoms with E-state index in [1.807, 2.05) is 43.3 Å². The number of unbranched alkanes of at least 4 members (excludes halogenated alkanes) is 3. The SMILES string of the molecule is CCCCCCc1ccc(C#Cc2cc(F)c(C#Cc3ccc(C)cc3)c(F)c2)cc1. The summed E-state index contributed by atoms with van der Waals surface area (Å²) in [5.74, 6) is 9.84. The van der Waals surface area contributed by atoms with E-state index in [-0.39, 0.29) is 5.56 Å². The molecule has 0 radical (unpaired) electrons. The quantitative estimate of drug-likeness (QED) is 0.307. The van der Waals surface area contributed by atoms with Gasteiger partial charge in [0, 0.05) is 16.7 Å². The molecule has 0 nitrogen and oxygen atoms in total. The van der Waals surface area contributed by atoms with Gasteiger partial charge in [0.15, 0.2) is 0 Å². The number of halogens is 2. The normalized spacial score (nSPS) is 10.1. The lowest BCUT2D eigenvalue weighted by atomic mass is 10.0. The molecule has 0 N–H and O–H groups in total. The molecule has 0 heterocycles. The maximum absolute atomic E-state index is 14.4. The lowest BCUT2D eigenvalue weighted by Crippen LogP contribution is -1.92. The van der Waals surface area contributed by atoms with Gasteiger partial charge in [-0.2, -0.15) is 0 Å². The number of hydrogen-bond acceptors (Lipinski definition) is 0. The summed E-state index contributed by atoms with van der Waals surface area (Å²) in [5, 5.41) is 0. The van der Waals surface area contributed by atoms with Crippen molar-refractivity contribution in [3.63, 3.8) is 0 Å². The number of aryl methyl sites for hydroxylation is 2. The minimum atomic E-state index is -0.702. The average Bonchev–Trinajstić information content (AvgIpc) is 2.77. The Hall–Kier alpha value is -3.36. The predicted molar refractivity (Wildman–Crippen MR) is 124 cm³/mol. The minimum absolute atomic E-state index is 0.237. The fourth-order valence-corrected chi connectivity index (χ4v) is 3.19. The Morgan fingerprint density at radius 3 is 1.81 bits per heavy atom. The molecule has 2 heteroatoms. The van der Waals surface area contributed by atoms with Crippen LogP contribution in [0.1, 0.15) is 66.0 Å². The van der Waals surface area contributed by atoms with Crippen LogP contribution >= 0.6 is 0 Å². The highest BCUT2D eigenvalue weighted by Gasteiger charge is 2.08. The van der Waals surface area contributed by atoms with Crippen molar-refractivity contribution in [2.24, 2.45) is 0 Å². The van der Waals surface area contributed by atoms with Crippen LogP contribution in [0.15, 0.2) is 60.7 Å². The van der Waals surface area contributed by atoms with Gasteiger partial charge in [-0.05, 0) is 61.7 Å². The van der Waals surface area contributed by atoms with Crippen LogP contribution < -0.4 is 0 Å². The van der Waals surface area contributed by atoms with Gasteiger partial charge in [-0.15, -0.1) is 0 Å². The summed E-state index contributed by atoms with van der Waals surface area (Å²) in [4.78, 5) is 0. The molecule has 0 unspecified atom stereocenters. The van der Waals surface area contributed by atoms with E-state index in [0.717, 1.165) is 17.5 Å². The standard InChI is InChI=1S/C29H26F2/c1-3-4-5-6-7-23-12-14-25(15-13-23)16-17-26-20-28(30)27(29(31)21-26)19-18-24-10-8-22(2)9-11-24/h8-15,20-21H,3-7H2,1-2H3. The number of hydrogen-bond donors (Lipinski definition) is 0. The first-order chi connectivity index (χ1) is 15.0. The molecular formula is C29H26F2. The van der Waals surface area contributed by atoms with Crippen LogP contribution in [0.5, 0.6) is 0 Å². The third-order valence-corrected chi connectivity index (χ3v) is 5.05. The molecule has 0 bridgehead atoms. The predicted octanol–water partition coefficient (Wildman–Crippen LogP) is 7.20. The van der Waals surface area contributed by atoms with Crippen molar-refractivity contribution in [2.45, 2.75) is 46.0 Å². The van der Waals surface area contributed by atoms with Crippen LogP contribution in [-0.2, 0) is 6.42 Å². The van der Waals surface area contributed by atoms with E-state index >= 15 is 0 Å². The van der Waals surface area contributed by atoms with Gasteiger partial charge in [0.1, 0.15) is 11.6 Å². The van der Waals surface area contributed by atoms with Gasteiger partial charge < -0.3 is 0 Å². The molecule has 156 valence electrons. The molecule has 0 aliphatic rings. The van der Waals surface area contributed by atoms with Crippen molar-refractivity contribution >= 4 is 0 Å². The van der Waals surface area contributed by atoms with Crippen LogP contribution in [0.2, 0.25) is 0 Å². The number of benzene rings is 3. The molecule has 0 aromatic heterocycles. The molecule has 3 rings (SSSR count). The van der Waals surface area contributed by atoms with Crippen LogP contribution in [0.3, 0.4) is 0 Å². The third kappa shape index (κ3) is 6.84. The van der Waals surface area contributed by atoms with Gasteiger partial charge in [0.2, 0.25) is 0 Å². The smallest absolute Gasteiger partial charge is 0.143 e. The molecule has 3 aromatic carbocycles. The minimum Gasteiger partial charge on any atom is -0.205 e. The maximum atomic E-state index is 14.4. The van der Waals surface area contributed by atoms with Crippen molar-refractivity contribution in [3.05, 3.63) is 106 Å². The topological polar surface area (TPSA) is 0 Å². The van der Waals surface area contributed by atoms with Gasteiger partial charge >= 0.3 is 0 Å². The van der Waals surface area contributed by atoms with Crippen molar-refractivity contribution < 1.29 is 8.78 Å². The Morgan fingerprint density at radius 1 is 0.645 bits per heavy atom. The average molecular weight is 413 g/mol. The number of rotatable bonds is 5. The summed E-state index contributed by atoms with van der Waals surface area (Å²) in [6.45, 7) is 4.18. The molecule has 0 aliphatic heterocycles. The highest BCUT2D eigenvalue weighted by molar-refractivity contribution is 5.49. The first-order valence-electron chi connectivity index (χ1n) is 10.7. The summed E-state index contributed by atoms with van der Waals surface area (Å²) in [7, 11) is 0. The molecule has 3 aromatic rings. The molecule has 31 heavy (non-hydrogen) atoms. The van der Waals surface area contributed by atoms with Crippen LogP contribution in [0.4, 0.5) is 8.78 Å². The molecule has 0 atom stereocenters. The van der Waals surface area contributed by atoms with E-state index in [1.165, 1.54) is 43.4 Å². The van der Waals surface area contributed by atoms with Crippen LogP contribution in [-0.4, -0.2) is 0 Å². The first-order valence-corrected chi connectivity index (χ1v) is 10.7. The Bertz CT molecular complexity index is 1110. The zero-order chi connectivity index (χ0) is 22.1. The second-order valence-electron chi connectivity index (χ2n) is 7.69. The second-order valence-corrected chi connectivity index (χ2v) is 7.69. The second kappa shape index (κ2) is 11.1. The third-order valence-electron chi connectivity index (χ3n) is 5.05. The highest BCUT2D eigenvalue weighted by Crippen LogP contribution is 2.15. The molecule has 0 aliphatic carbocycles. The fourth-order valence-electron chi connectivity index (χ4n) is 3.19. The summed E-state index contributed by atoms with van der Waals surface area (Å²) >= 11 is 0. The zero-order valence-electron chi connectivity index (χ0n) is 18.1. The summed E-state index contributed by atoms with van der Waals surface area (Å²) in [5.41, 5.74) is 3.98. The van der Waals surface area contributed by atoms with Crippen LogP contribution in [0, 0.1) is 42.2 Å². The van der Waals surface area contributed by atoms with Crippen molar-refractivity contribution in [2.75, 3.05) is 0 Å². The van der Waals surface area contributed by atoms with Gasteiger partial charge in [-0.3, -0.25) is 0 Å². The molecule has 0 saturated heterocycles. The fraction of sp³-hybridized carbons (Fsp3) is 0.241. The molecule has 0 saturated carbocycles. The van der Waals surface area contributed by atoms with E-state index < -0.39 is 11.6 Å². The van der Waals surface area contributed by atoms with Gasteiger partial charge in [0.25, 0.3) is 0 Å². The van der Waals surface area contributed by atoms with Gasteiger partial charge in [-0.25, -0.2) is 8.78 Å². The van der Waals surface area contributed by atoms with Crippen molar-refractivity contribution in [1.82, 2.24) is 0 Å². The Kier molecular flexibility index (Phi) is 8.03. The zero-order valence-corrected chi connectivity index (χ0v) is 18.1. The molecule has 0 spiro atoms. The lowest BCUT2D eigenvalue weighted by Gasteiger charge is -2.01. The van der Waals surface area contributed by atoms with Gasteiger partial charge in [-0.1, -0.05) is 79.7 Å². The van der Waals surface area contributed by atoms with Crippen LogP contribution in [0.25, 0.3) is 0 Å². The molecule has 0 fully saturated rings. The summed E-state index contributed by atoms with van der Waals surface area (Å²) in [6, 6.07) is 18.0. The Balaban J connectivity index is 1.70. The van der Waals surface area contributed by atoms with Crippen molar-refractivity contribution in [3.8, 4) is 23.7 Å². The lowest BCUT2D eigenvalue weighted by molar-refractivity contribution is 0.577. The first kappa shape index (κ1) is 22.3. The molecular weight excluding hydrogens is 386 g/mol. The van der Waals surface area contributed by atoms with E-state index in [1.54, 1.807) is 0 Å². The van der Waals surface area contributed by atoms with Gasteiger partial charge in [0.05, 0.1) is 5.56 Å².